The van der Waals surface area contributed by atoms with Gasteiger partial charge in [-0.25, -0.2) is 0 Å². The highest BCUT2D eigenvalue weighted by Gasteiger charge is 2.13. The van der Waals surface area contributed by atoms with Gasteiger partial charge in [0, 0.05) is 24.6 Å². The number of rotatable bonds is 4. The van der Waals surface area contributed by atoms with Crippen molar-refractivity contribution in [3.05, 3.63) is 23.8 Å². The van der Waals surface area contributed by atoms with Gasteiger partial charge >= 0.3 is 0 Å². The van der Waals surface area contributed by atoms with Crippen LogP contribution in [0, 0.1) is 0 Å². The van der Waals surface area contributed by atoms with Crippen LogP contribution in [0.3, 0.4) is 0 Å². The van der Waals surface area contributed by atoms with Crippen LogP contribution in [0.15, 0.2) is 18.2 Å². The number of hydrogen-bond donors (Lipinski definition) is 2. The normalized spacial score (nSPS) is 14.9. The Bertz CT molecular complexity index is 418. The van der Waals surface area contributed by atoms with E-state index in [1.165, 1.54) is 0 Å². The summed E-state index contributed by atoms with van der Waals surface area (Å²) in [6.07, 6.45) is 2.09. The number of anilines is 1. The quantitative estimate of drug-likeness (QED) is 0.833. The SMILES string of the molecule is CCC(N)CC(=O)Nc1ccc2c(c1)CCO2. The average Bonchev–Trinajstić information content (AvgIpc) is 2.75. The summed E-state index contributed by atoms with van der Waals surface area (Å²) in [4.78, 5) is 11.7. The second-order valence-corrected chi connectivity index (χ2v) is 4.34. The van der Waals surface area contributed by atoms with E-state index in [2.05, 4.69) is 5.32 Å². The number of carbonyl (C=O) groups is 1. The molecule has 0 saturated heterocycles. The highest BCUT2D eigenvalue weighted by Crippen LogP contribution is 2.27. The van der Waals surface area contributed by atoms with E-state index in [0.717, 1.165) is 36.4 Å². The van der Waals surface area contributed by atoms with Crippen LogP contribution < -0.4 is 15.8 Å². The zero-order valence-corrected chi connectivity index (χ0v) is 10.0. The molecule has 1 atom stereocenters. The summed E-state index contributed by atoms with van der Waals surface area (Å²) in [5, 5.41) is 2.86. The predicted molar refractivity (Wildman–Crippen MR) is 67.2 cm³/mol. The molecule has 1 aromatic carbocycles. The molecular formula is C13H18N2O2. The minimum absolute atomic E-state index is 0.0294. The van der Waals surface area contributed by atoms with E-state index in [1.54, 1.807) is 0 Å². The number of benzene rings is 1. The van der Waals surface area contributed by atoms with Gasteiger partial charge in [0.25, 0.3) is 0 Å². The maximum Gasteiger partial charge on any atom is 0.225 e. The topological polar surface area (TPSA) is 64.4 Å². The Balaban J connectivity index is 1.97. The van der Waals surface area contributed by atoms with Crippen molar-refractivity contribution in [2.75, 3.05) is 11.9 Å². The minimum Gasteiger partial charge on any atom is -0.493 e. The summed E-state index contributed by atoms with van der Waals surface area (Å²) in [6, 6.07) is 5.67. The van der Waals surface area contributed by atoms with Crippen LogP contribution >= 0.6 is 0 Å². The molecule has 4 nitrogen and oxygen atoms in total. The number of fused-ring (bicyclic) bond motifs is 1. The maximum absolute atomic E-state index is 11.7. The number of nitrogens with one attached hydrogen (secondary N) is 1. The Labute approximate surface area is 101 Å². The Morgan fingerprint density at radius 3 is 3.18 bits per heavy atom. The fourth-order valence-corrected chi connectivity index (χ4v) is 1.86. The summed E-state index contributed by atoms with van der Waals surface area (Å²) in [7, 11) is 0. The number of nitrogens with two attached hydrogens (primary N) is 1. The molecule has 0 saturated carbocycles. The van der Waals surface area contributed by atoms with Crippen molar-refractivity contribution >= 4 is 11.6 Å². The van der Waals surface area contributed by atoms with Gasteiger partial charge in [0.05, 0.1) is 6.61 Å². The first-order valence-electron chi connectivity index (χ1n) is 6.00. The van der Waals surface area contributed by atoms with E-state index in [4.69, 9.17) is 10.5 Å². The zero-order chi connectivity index (χ0) is 12.3. The molecule has 1 unspecified atom stereocenters. The molecule has 0 aliphatic carbocycles. The first-order chi connectivity index (χ1) is 8.19. The van der Waals surface area contributed by atoms with E-state index in [-0.39, 0.29) is 11.9 Å². The molecule has 2 rings (SSSR count). The molecule has 1 aromatic rings. The van der Waals surface area contributed by atoms with E-state index in [0.29, 0.717) is 6.42 Å². The van der Waals surface area contributed by atoms with Gasteiger partial charge in [-0.2, -0.15) is 0 Å². The lowest BCUT2D eigenvalue weighted by atomic mass is 10.1. The van der Waals surface area contributed by atoms with E-state index in [9.17, 15) is 4.79 Å². The van der Waals surface area contributed by atoms with Gasteiger partial charge in [0.2, 0.25) is 5.91 Å². The third-order valence-electron chi connectivity index (χ3n) is 2.95. The predicted octanol–water partition coefficient (Wildman–Crippen LogP) is 1.69. The van der Waals surface area contributed by atoms with Crippen molar-refractivity contribution in [1.29, 1.82) is 0 Å². The van der Waals surface area contributed by atoms with Crippen molar-refractivity contribution in [3.8, 4) is 5.75 Å². The average molecular weight is 234 g/mol. The van der Waals surface area contributed by atoms with Gasteiger partial charge in [0.1, 0.15) is 5.75 Å². The largest absolute Gasteiger partial charge is 0.493 e. The molecule has 0 spiro atoms. The van der Waals surface area contributed by atoms with Gasteiger partial charge in [-0.15, -0.1) is 0 Å². The van der Waals surface area contributed by atoms with Crippen LogP contribution in [0.25, 0.3) is 0 Å². The first kappa shape index (κ1) is 11.9. The van der Waals surface area contributed by atoms with Gasteiger partial charge in [0.15, 0.2) is 0 Å². The van der Waals surface area contributed by atoms with Crippen LogP contribution in [-0.4, -0.2) is 18.6 Å². The highest BCUT2D eigenvalue weighted by molar-refractivity contribution is 5.91. The molecule has 0 fully saturated rings. The molecular weight excluding hydrogens is 216 g/mol. The number of carbonyl (C=O) groups excluding carboxylic acids is 1. The summed E-state index contributed by atoms with van der Waals surface area (Å²) in [5.74, 6) is 0.895. The maximum atomic E-state index is 11.7. The van der Waals surface area contributed by atoms with Gasteiger partial charge in [-0.05, 0) is 30.2 Å². The lowest BCUT2D eigenvalue weighted by Crippen LogP contribution is -2.26. The number of amides is 1. The Kier molecular flexibility index (Phi) is 3.64. The standard InChI is InChI=1S/C13H18N2O2/c1-2-10(14)8-13(16)15-11-3-4-12-9(7-11)5-6-17-12/h3-4,7,10H,2,5-6,8,14H2,1H3,(H,15,16). The molecule has 1 aliphatic rings. The molecule has 1 aliphatic heterocycles. The number of ether oxygens (including phenoxy) is 1. The van der Waals surface area contributed by atoms with Crippen molar-refractivity contribution in [3.63, 3.8) is 0 Å². The Morgan fingerprint density at radius 2 is 2.41 bits per heavy atom. The molecule has 1 amide bonds. The highest BCUT2D eigenvalue weighted by atomic mass is 16.5. The zero-order valence-electron chi connectivity index (χ0n) is 10.0. The van der Waals surface area contributed by atoms with Gasteiger partial charge < -0.3 is 15.8 Å². The molecule has 3 N–H and O–H groups in total. The second kappa shape index (κ2) is 5.19. The summed E-state index contributed by atoms with van der Waals surface area (Å²) < 4.78 is 5.41. The van der Waals surface area contributed by atoms with Crippen molar-refractivity contribution < 1.29 is 9.53 Å². The lowest BCUT2D eigenvalue weighted by molar-refractivity contribution is -0.116. The third-order valence-corrected chi connectivity index (χ3v) is 2.95. The van der Waals surface area contributed by atoms with Crippen LogP contribution in [0.5, 0.6) is 5.75 Å². The Hall–Kier alpha value is -1.55. The molecule has 17 heavy (non-hydrogen) atoms. The van der Waals surface area contributed by atoms with Gasteiger partial charge in [-0.3, -0.25) is 4.79 Å². The summed E-state index contributed by atoms with van der Waals surface area (Å²) in [6.45, 7) is 2.71. The molecule has 0 aromatic heterocycles. The van der Waals surface area contributed by atoms with Crippen molar-refractivity contribution in [2.45, 2.75) is 32.2 Å². The monoisotopic (exact) mass is 234 g/mol. The minimum atomic E-state index is -0.0623. The molecule has 1 heterocycles. The second-order valence-electron chi connectivity index (χ2n) is 4.34. The van der Waals surface area contributed by atoms with Gasteiger partial charge in [-0.1, -0.05) is 6.92 Å². The van der Waals surface area contributed by atoms with E-state index < -0.39 is 0 Å². The fourth-order valence-electron chi connectivity index (χ4n) is 1.86. The molecule has 92 valence electrons. The molecule has 0 radical (unpaired) electrons. The van der Waals surface area contributed by atoms with Crippen molar-refractivity contribution in [2.24, 2.45) is 5.73 Å². The Morgan fingerprint density at radius 1 is 1.59 bits per heavy atom. The number of hydrogen-bond acceptors (Lipinski definition) is 3. The van der Waals surface area contributed by atoms with Crippen LogP contribution in [0.4, 0.5) is 5.69 Å². The van der Waals surface area contributed by atoms with E-state index in [1.807, 2.05) is 25.1 Å². The van der Waals surface area contributed by atoms with Crippen LogP contribution in [-0.2, 0) is 11.2 Å². The smallest absolute Gasteiger partial charge is 0.225 e. The van der Waals surface area contributed by atoms with E-state index >= 15 is 0 Å². The lowest BCUT2D eigenvalue weighted by Gasteiger charge is -2.10. The fraction of sp³-hybridized carbons (Fsp3) is 0.462. The van der Waals surface area contributed by atoms with Crippen LogP contribution in [0.2, 0.25) is 0 Å². The summed E-state index contributed by atoms with van der Waals surface area (Å²) in [5.41, 5.74) is 7.71. The molecule has 0 bridgehead atoms. The molecule has 4 heteroatoms. The third kappa shape index (κ3) is 2.97. The van der Waals surface area contributed by atoms with Crippen LogP contribution in [0.1, 0.15) is 25.3 Å². The van der Waals surface area contributed by atoms with Crippen molar-refractivity contribution in [1.82, 2.24) is 0 Å². The first-order valence-corrected chi connectivity index (χ1v) is 6.00. The summed E-state index contributed by atoms with van der Waals surface area (Å²) >= 11 is 0.